The Balaban J connectivity index is 0.00000132. The number of pyridine rings is 1. The Morgan fingerprint density at radius 2 is 2.17 bits per heavy atom. The second-order valence-corrected chi connectivity index (χ2v) is 5.19. The third-order valence-corrected chi connectivity index (χ3v) is 3.73. The molecule has 6 nitrogen and oxygen atoms in total. The molecule has 1 fully saturated rings. The summed E-state index contributed by atoms with van der Waals surface area (Å²) in [4.78, 5) is 16.6. The van der Waals surface area contributed by atoms with Crippen LogP contribution in [0.1, 0.15) is 23.0 Å². The minimum atomic E-state index is -0.0547. The summed E-state index contributed by atoms with van der Waals surface area (Å²) in [5.41, 5.74) is 1.52. The highest BCUT2D eigenvalue weighted by Crippen LogP contribution is 2.14. The second kappa shape index (κ2) is 8.86. The van der Waals surface area contributed by atoms with E-state index in [1.807, 2.05) is 25.1 Å². The van der Waals surface area contributed by atoms with E-state index in [0.29, 0.717) is 18.0 Å². The molecule has 3 rings (SSSR count). The van der Waals surface area contributed by atoms with Gasteiger partial charge in [-0.05, 0) is 18.6 Å². The van der Waals surface area contributed by atoms with Crippen LogP contribution < -0.4 is 10.6 Å². The van der Waals surface area contributed by atoms with Crippen molar-refractivity contribution in [2.24, 2.45) is 5.92 Å². The maximum atomic E-state index is 12.3. The molecule has 8 heteroatoms. The van der Waals surface area contributed by atoms with E-state index < -0.39 is 0 Å². The fourth-order valence-electron chi connectivity index (χ4n) is 2.41. The highest BCUT2D eigenvalue weighted by atomic mass is 35.5. The Labute approximate surface area is 147 Å². The lowest BCUT2D eigenvalue weighted by Crippen LogP contribution is -2.48. The Hall–Kier alpha value is -1.63. The Morgan fingerprint density at radius 1 is 1.39 bits per heavy atom. The summed E-state index contributed by atoms with van der Waals surface area (Å²) in [5, 5.41) is 10.5. The van der Waals surface area contributed by atoms with Crippen LogP contribution in [0.15, 0.2) is 30.6 Å². The predicted octanol–water partition coefficient (Wildman–Crippen LogP) is 1.62. The van der Waals surface area contributed by atoms with Crippen LogP contribution in [-0.2, 0) is 6.42 Å². The quantitative estimate of drug-likeness (QED) is 0.852. The van der Waals surface area contributed by atoms with Gasteiger partial charge in [-0.3, -0.25) is 4.79 Å². The third kappa shape index (κ3) is 4.22. The molecule has 0 atom stereocenters. The second-order valence-electron chi connectivity index (χ2n) is 5.19. The molecule has 1 saturated heterocycles. The molecule has 23 heavy (non-hydrogen) atoms. The zero-order chi connectivity index (χ0) is 14.7. The van der Waals surface area contributed by atoms with Crippen molar-refractivity contribution in [1.29, 1.82) is 0 Å². The molecule has 3 heterocycles. The van der Waals surface area contributed by atoms with Crippen LogP contribution in [0.25, 0.3) is 5.82 Å². The molecule has 0 radical (unpaired) electrons. The predicted molar refractivity (Wildman–Crippen MR) is 93.9 cm³/mol. The van der Waals surface area contributed by atoms with Crippen LogP contribution in [0.3, 0.4) is 0 Å². The topological polar surface area (TPSA) is 71.8 Å². The Kier molecular flexibility index (Phi) is 7.48. The van der Waals surface area contributed by atoms with E-state index in [1.54, 1.807) is 17.1 Å². The monoisotopic (exact) mass is 357 g/mol. The summed E-state index contributed by atoms with van der Waals surface area (Å²) >= 11 is 0. The van der Waals surface area contributed by atoms with Crippen molar-refractivity contribution in [3.8, 4) is 5.82 Å². The normalized spacial score (nSPS) is 13.4. The van der Waals surface area contributed by atoms with Crippen LogP contribution in [-0.4, -0.2) is 40.3 Å². The SMILES string of the molecule is CCc1c(C(=O)NCC2CNC2)cnn1-c1ccccn1.Cl.Cl. The van der Waals surface area contributed by atoms with Crippen LogP contribution in [0.2, 0.25) is 0 Å². The summed E-state index contributed by atoms with van der Waals surface area (Å²) in [7, 11) is 0. The van der Waals surface area contributed by atoms with Crippen molar-refractivity contribution in [1.82, 2.24) is 25.4 Å². The minimum absolute atomic E-state index is 0. The number of halogens is 2. The molecule has 126 valence electrons. The summed E-state index contributed by atoms with van der Waals surface area (Å²) in [6.07, 6.45) is 4.08. The van der Waals surface area contributed by atoms with Gasteiger partial charge in [-0.25, -0.2) is 9.67 Å². The first-order chi connectivity index (χ1) is 10.3. The average Bonchev–Trinajstić information content (AvgIpc) is 2.90. The molecule has 0 saturated carbocycles. The van der Waals surface area contributed by atoms with Gasteiger partial charge in [0.25, 0.3) is 5.91 Å². The summed E-state index contributed by atoms with van der Waals surface area (Å²) in [6.45, 7) is 4.69. The lowest BCUT2D eigenvalue weighted by Gasteiger charge is -2.27. The third-order valence-electron chi connectivity index (χ3n) is 3.73. The molecule has 0 spiro atoms. The van der Waals surface area contributed by atoms with Gasteiger partial charge in [-0.15, -0.1) is 24.8 Å². The lowest BCUT2D eigenvalue weighted by molar-refractivity contribution is 0.0941. The van der Waals surface area contributed by atoms with Gasteiger partial charge in [0.05, 0.1) is 17.5 Å². The molecule has 2 aromatic heterocycles. The first-order valence-electron chi connectivity index (χ1n) is 7.26. The molecule has 2 aromatic rings. The number of amides is 1. The first kappa shape index (κ1) is 19.4. The van der Waals surface area contributed by atoms with Crippen LogP contribution in [0.5, 0.6) is 0 Å². The number of aromatic nitrogens is 3. The van der Waals surface area contributed by atoms with Gasteiger partial charge >= 0.3 is 0 Å². The molecule has 0 aromatic carbocycles. The maximum Gasteiger partial charge on any atom is 0.254 e. The lowest BCUT2D eigenvalue weighted by atomic mass is 10.0. The summed E-state index contributed by atoms with van der Waals surface area (Å²) in [5.74, 6) is 1.22. The summed E-state index contributed by atoms with van der Waals surface area (Å²) in [6, 6.07) is 5.65. The van der Waals surface area contributed by atoms with Gasteiger partial charge in [0.15, 0.2) is 5.82 Å². The smallest absolute Gasteiger partial charge is 0.254 e. The molecular weight excluding hydrogens is 337 g/mol. The number of carbonyl (C=O) groups excluding carboxylic acids is 1. The van der Waals surface area contributed by atoms with E-state index in [9.17, 15) is 4.79 Å². The molecular formula is C15H21Cl2N5O. The van der Waals surface area contributed by atoms with E-state index in [4.69, 9.17) is 0 Å². The zero-order valence-electron chi connectivity index (χ0n) is 12.9. The number of hydrogen-bond donors (Lipinski definition) is 2. The van der Waals surface area contributed by atoms with Gasteiger partial charge in [0.2, 0.25) is 0 Å². The summed E-state index contributed by atoms with van der Waals surface area (Å²) < 4.78 is 1.74. The minimum Gasteiger partial charge on any atom is -0.352 e. The number of rotatable bonds is 5. The van der Waals surface area contributed by atoms with Crippen molar-refractivity contribution in [2.45, 2.75) is 13.3 Å². The molecule has 0 aliphatic carbocycles. The molecule has 2 N–H and O–H groups in total. The number of hydrogen-bond acceptors (Lipinski definition) is 4. The first-order valence-corrected chi connectivity index (χ1v) is 7.26. The molecule has 0 bridgehead atoms. The van der Waals surface area contributed by atoms with Gasteiger partial charge in [0, 0.05) is 31.7 Å². The van der Waals surface area contributed by atoms with Gasteiger partial charge < -0.3 is 10.6 Å². The molecule has 1 aliphatic rings. The van der Waals surface area contributed by atoms with Crippen molar-refractivity contribution >= 4 is 30.7 Å². The zero-order valence-corrected chi connectivity index (χ0v) is 14.5. The van der Waals surface area contributed by atoms with Crippen LogP contribution in [0, 0.1) is 5.92 Å². The highest BCUT2D eigenvalue weighted by Gasteiger charge is 2.21. The standard InChI is InChI=1S/C15H19N5O.2ClH/c1-2-13-12(15(21)18-9-11-7-16-8-11)10-19-20(13)14-5-3-4-6-17-14;;/h3-6,10-11,16H,2,7-9H2,1H3,(H,18,21);2*1H. The van der Waals surface area contributed by atoms with Crippen LogP contribution in [0.4, 0.5) is 0 Å². The van der Waals surface area contributed by atoms with Gasteiger partial charge in [-0.2, -0.15) is 5.10 Å². The molecule has 0 unspecified atom stereocenters. The van der Waals surface area contributed by atoms with E-state index in [1.165, 1.54) is 0 Å². The van der Waals surface area contributed by atoms with Crippen molar-refractivity contribution in [2.75, 3.05) is 19.6 Å². The Morgan fingerprint density at radius 3 is 2.74 bits per heavy atom. The Bertz CT molecular complexity index is 628. The van der Waals surface area contributed by atoms with E-state index in [0.717, 1.165) is 31.0 Å². The van der Waals surface area contributed by atoms with Crippen molar-refractivity contribution in [3.05, 3.63) is 41.9 Å². The largest absolute Gasteiger partial charge is 0.352 e. The average molecular weight is 358 g/mol. The number of nitrogens with zero attached hydrogens (tertiary/aromatic N) is 3. The van der Waals surface area contributed by atoms with Crippen molar-refractivity contribution in [3.63, 3.8) is 0 Å². The fraction of sp³-hybridized carbons (Fsp3) is 0.400. The maximum absolute atomic E-state index is 12.3. The molecule has 1 aliphatic heterocycles. The van der Waals surface area contributed by atoms with E-state index in [2.05, 4.69) is 20.7 Å². The van der Waals surface area contributed by atoms with Crippen molar-refractivity contribution < 1.29 is 4.79 Å². The van der Waals surface area contributed by atoms with Crippen LogP contribution >= 0.6 is 24.8 Å². The number of carbonyl (C=O) groups is 1. The number of nitrogens with one attached hydrogen (secondary N) is 2. The van der Waals surface area contributed by atoms with Gasteiger partial charge in [0.1, 0.15) is 0 Å². The fourth-order valence-corrected chi connectivity index (χ4v) is 2.41. The van der Waals surface area contributed by atoms with E-state index >= 15 is 0 Å². The van der Waals surface area contributed by atoms with E-state index in [-0.39, 0.29) is 30.7 Å². The molecule has 1 amide bonds. The van der Waals surface area contributed by atoms with Gasteiger partial charge in [-0.1, -0.05) is 13.0 Å². The highest BCUT2D eigenvalue weighted by molar-refractivity contribution is 5.95.